The molecule has 1 amide bonds. The van der Waals surface area contributed by atoms with Gasteiger partial charge in [0.1, 0.15) is 0 Å². The van der Waals surface area contributed by atoms with Crippen LogP contribution >= 0.6 is 0 Å². The van der Waals surface area contributed by atoms with Crippen molar-refractivity contribution < 1.29 is 9.90 Å². The molecular formula is C13H21N3O2. The highest BCUT2D eigenvalue weighted by molar-refractivity contribution is 5.75. The average Bonchev–Trinajstić information content (AvgIpc) is 2.59. The van der Waals surface area contributed by atoms with Gasteiger partial charge < -0.3 is 10.4 Å². The Morgan fingerprint density at radius 2 is 2.28 bits per heavy atom. The summed E-state index contributed by atoms with van der Waals surface area (Å²) in [6, 6.07) is 2.01. The van der Waals surface area contributed by atoms with Crippen LogP contribution in [0.4, 0.5) is 0 Å². The van der Waals surface area contributed by atoms with Crippen LogP contribution in [0.15, 0.2) is 6.07 Å². The maximum Gasteiger partial charge on any atom is 0.221 e. The minimum Gasteiger partial charge on any atom is -0.393 e. The zero-order chi connectivity index (χ0) is 13.1. The van der Waals surface area contributed by atoms with Crippen LogP contribution in [0.1, 0.15) is 30.7 Å². The molecule has 0 radical (unpaired) electrons. The number of aliphatic hydroxyl groups excluding tert-OH is 1. The number of hydrogen-bond acceptors (Lipinski definition) is 3. The van der Waals surface area contributed by atoms with Gasteiger partial charge in [0.2, 0.25) is 5.91 Å². The predicted molar refractivity (Wildman–Crippen MR) is 68.1 cm³/mol. The molecule has 1 aliphatic carbocycles. The van der Waals surface area contributed by atoms with Crippen LogP contribution in [0.25, 0.3) is 0 Å². The number of rotatable bonds is 5. The number of carbonyl (C=O) groups excluding carboxylic acids is 1. The van der Waals surface area contributed by atoms with Gasteiger partial charge in [-0.2, -0.15) is 5.10 Å². The van der Waals surface area contributed by atoms with Gasteiger partial charge in [-0.3, -0.25) is 9.48 Å². The Hall–Kier alpha value is -1.36. The molecule has 0 bridgehead atoms. The van der Waals surface area contributed by atoms with Gasteiger partial charge in [0.15, 0.2) is 0 Å². The maximum atomic E-state index is 11.6. The second-order valence-electron chi connectivity index (χ2n) is 5.20. The van der Waals surface area contributed by atoms with Gasteiger partial charge in [0, 0.05) is 25.2 Å². The second-order valence-corrected chi connectivity index (χ2v) is 5.20. The van der Waals surface area contributed by atoms with Gasteiger partial charge in [-0.05, 0) is 38.7 Å². The molecule has 1 aromatic rings. The standard InChI is InChI=1S/C13H21N3O2/c1-9-5-10(2)16(15-9)4-3-13(18)14-8-11-6-12(17)7-11/h5,11-12,17H,3-4,6-8H2,1-2H3,(H,14,18). The van der Waals surface area contributed by atoms with Crippen molar-refractivity contribution in [3.8, 4) is 0 Å². The molecule has 0 unspecified atom stereocenters. The molecule has 2 rings (SSSR count). The minimum atomic E-state index is -0.151. The lowest BCUT2D eigenvalue weighted by Crippen LogP contribution is -2.38. The van der Waals surface area contributed by atoms with Crippen molar-refractivity contribution >= 4 is 5.91 Å². The third kappa shape index (κ3) is 3.32. The van der Waals surface area contributed by atoms with Gasteiger partial charge >= 0.3 is 0 Å². The zero-order valence-electron chi connectivity index (χ0n) is 11.0. The fourth-order valence-electron chi connectivity index (χ4n) is 2.32. The molecule has 1 aromatic heterocycles. The molecule has 1 saturated carbocycles. The number of amides is 1. The van der Waals surface area contributed by atoms with Gasteiger partial charge in [-0.1, -0.05) is 0 Å². The summed E-state index contributed by atoms with van der Waals surface area (Å²) in [5.74, 6) is 0.515. The van der Waals surface area contributed by atoms with E-state index in [1.54, 1.807) is 0 Å². The van der Waals surface area contributed by atoms with E-state index >= 15 is 0 Å². The van der Waals surface area contributed by atoms with E-state index in [0.717, 1.165) is 24.2 Å². The van der Waals surface area contributed by atoms with Gasteiger partial charge in [-0.15, -0.1) is 0 Å². The van der Waals surface area contributed by atoms with E-state index in [1.165, 1.54) is 0 Å². The molecule has 18 heavy (non-hydrogen) atoms. The molecule has 0 aliphatic heterocycles. The first-order valence-electron chi connectivity index (χ1n) is 6.50. The Labute approximate surface area is 107 Å². The zero-order valence-corrected chi connectivity index (χ0v) is 11.0. The molecular weight excluding hydrogens is 230 g/mol. The molecule has 1 aliphatic rings. The summed E-state index contributed by atoms with van der Waals surface area (Å²) < 4.78 is 1.86. The van der Waals surface area contributed by atoms with Crippen molar-refractivity contribution in [1.29, 1.82) is 0 Å². The summed E-state index contributed by atoms with van der Waals surface area (Å²) in [6.07, 6.45) is 1.94. The number of aryl methyl sites for hydroxylation is 3. The minimum absolute atomic E-state index is 0.0592. The number of nitrogens with zero attached hydrogens (tertiary/aromatic N) is 2. The van der Waals surface area contributed by atoms with Crippen molar-refractivity contribution in [3.63, 3.8) is 0 Å². The molecule has 0 spiro atoms. The van der Waals surface area contributed by atoms with E-state index in [9.17, 15) is 4.79 Å². The summed E-state index contributed by atoms with van der Waals surface area (Å²) in [5, 5.41) is 16.4. The molecule has 100 valence electrons. The molecule has 0 aromatic carbocycles. The topological polar surface area (TPSA) is 67.2 Å². The smallest absolute Gasteiger partial charge is 0.221 e. The van der Waals surface area contributed by atoms with E-state index < -0.39 is 0 Å². The van der Waals surface area contributed by atoms with Crippen LogP contribution in [-0.2, 0) is 11.3 Å². The van der Waals surface area contributed by atoms with Crippen molar-refractivity contribution in [2.75, 3.05) is 6.54 Å². The van der Waals surface area contributed by atoms with Gasteiger partial charge in [-0.25, -0.2) is 0 Å². The molecule has 0 saturated heterocycles. The molecule has 1 fully saturated rings. The third-order valence-corrected chi connectivity index (χ3v) is 3.45. The van der Waals surface area contributed by atoms with Crippen molar-refractivity contribution in [2.24, 2.45) is 5.92 Å². The first-order chi connectivity index (χ1) is 8.54. The molecule has 5 nitrogen and oxygen atoms in total. The Morgan fingerprint density at radius 3 is 2.83 bits per heavy atom. The Bertz CT molecular complexity index is 422. The Kier molecular flexibility index (Phi) is 4.01. The monoisotopic (exact) mass is 251 g/mol. The number of aliphatic hydroxyl groups is 1. The first kappa shape index (κ1) is 13.1. The van der Waals surface area contributed by atoms with Gasteiger partial charge in [0.05, 0.1) is 11.8 Å². The SMILES string of the molecule is Cc1cc(C)n(CCC(=O)NCC2CC(O)C2)n1. The second kappa shape index (κ2) is 5.52. The Balaban J connectivity index is 1.67. The van der Waals surface area contributed by atoms with Crippen LogP contribution in [0.5, 0.6) is 0 Å². The quantitative estimate of drug-likeness (QED) is 0.812. The number of nitrogens with one attached hydrogen (secondary N) is 1. The lowest BCUT2D eigenvalue weighted by molar-refractivity contribution is -0.121. The number of carbonyl (C=O) groups is 1. The maximum absolute atomic E-state index is 11.6. The van der Waals surface area contributed by atoms with E-state index in [2.05, 4.69) is 10.4 Å². The highest BCUT2D eigenvalue weighted by Crippen LogP contribution is 2.25. The molecule has 0 atom stereocenters. The Morgan fingerprint density at radius 1 is 1.56 bits per heavy atom. The molecule has 5 heteroatoms. The molecule has 1 heterocycles. The number of aromatic nitrogens is 2. The highest BCUT2D eigenvalue weighted by atomic mass is 16.3. The van der Waals surface area contributed by atoms with E-state index in [-0.39, 0.29) is 12.0 Å². The average molecular weight is 251 g/mol. The van der Waals surface area contributed by atoms with Gasteiger partial charge in [0.25, 0.3) is 0 Å². The van der Waals surface area contributed by atoms with Crippen LogP contribution in [0.3, 0.4) is 0 Å². The van der Waals surface area contributed by atoms with E-state index in [1.807, 2.05) is 24.6 Å². The van der Waals surface area contributed by atoms with Crippen molar-refractivity contribution in [2.45, 2.75) is 45.8 Å². The highest BCUT2D eigenvalue weighted by Gasteiger charge is 2.26. The van der Waals surface area contributed by atoms with Crippen LogP contribution in [-0.4, -0.2) is 33.4 Å². The van der Waals surface area contributed by atoms with Crippen LogP contribution in [0.2, 0.25) is 0 Å². The summed E-state index contributed by atoms with van der Waals surface area (Å²) in [7, 11) is 0. The summed E-state index contributed by atoms with van der Waals surface area (Å²) in [5.41, 5.74) is 2.07. The summed E-state index contributed by atoms with van der Waals surface area (Å²) in [6.45, 7) is 5.25. The summed E-state index contributed by atoms with van der Waals surface area (Å²) in [4.78, 5) is 11.6. The van der Waals surface area contributed by atoms with Crippen molar-refractivity contribution in [3.05, 3.63) is 17.5 Å². The largest absolute Gasteiger partial charge is 0.393 e. The van der Waals surface area contributed by atoms with Crippen molar-refractivity contribution in [1.82, 2.24) is 15.1 Å². The van der Waals surface area contributed by atoms with Crippen LogP contribution in [0, 0.1) is 19.8 Å². The normalized spacial score (nSPS) is 22.6. The fraction of sp³-hybridized carbons (Fsp3) is 0.692. The predicted octanol–water partition coefficient (Wildman–Crippen LogP) is 0.777. The number of hydrogen-bond donors (Lipinski definition) is 2. The van der Waals surface area contributed by atoms with E-state index in [0.29, 0.717) is 25.4 Å². The first-order valence-corrected chi connectivity index (χ1v) is 6.50. The summed E-state index contributed by atoms with van der Waals surface area (Å²) >= 11 is 0. The fourth-order valence-corrected chi connectivity index (χ4v) is 2.32. The lowest BCUT2D eigenvalue weighted by atomic mass is 9.82. The lowest BCUT2D eigenvalue weighted by Gasteiger charge is -2.31. The van der Waals surface area contributed by atoms with E-state index in [4.69, 9.17) is 5.11 Å². The molecule has 2 N–H and O–H groups in total. The van der Waals surface area contributed by atoms with Crippen LogP contribution < -0.4 is 5.32 Å². The third-order valence-electron chi connectivity index (χ3n) is 3.45.